The Hall–Kier alpha value is -1.97. The number of benzene rings is 1. The summed E-state index contributed by atoms with van der Waals surface area (Å²) < 4.78 is 2.20. The first-order valence-electron chi connectivity index (χ1n) is 6.90. The van der Waals surface area contributed by atoms with E-state index in [2.05, 4.69) is 33.5 Å². The molecule has 4 nitrogen and oxygen atoms in total. The Balaban J connectivity index is 1.88. The van der Waals surface area contributed by atoms with Crippen LogP contribution in [-0.4, -0.2) is 16.1 Å². The van der Waals surface area contributed by atoms with E-state index >= 15 is 0 Å². The molecule has 2 heterocycles. The van der Waals surface area contributed by atoms with Crippen LogP contribution in [0.25, 0.3) is 0 Å². The first kappa shape index (κ1) is 12.1. The van der Waals surface area contributed by atoms with Crippen LogP contribution in [0.15, 0.2) is 30.7 Å². The number of aromatic nitrogens is 2. The van der Waals surface area contributed by atoms with Crippen molar-refractivity contribution in [3.63, 3.8) is 0 Å². The second kappa shape index (κ2) is 4.96. The van der Waals surface area contributed by atoms with E-state index in [9.17, 15) is 0 Å². The number of fused-ring (bicyclic) bond motifs is 1. The Labute approximate surface area is 113 Å². The Morgan fingerprint density at radius 3 is 3.11 bits per heavy atom. The van der Waals surface area contributed by atoms with Gasteiger partial charge in [0.15, 0.2) is 0 Å². The molecule has 4 heteroatoms. The molecular formula is C15H20N4. The highest BCUT2D eigenvalue weighted by atomic mass is 15.2. The van der Waals surface area contributed by atoms with Crippen LogP contribution in [0.3, 0.4) is 0 Å². The van der Waals surface area contributed by atoms with E-state index in [1.807, 2.05) is 18.6 Å². The van der Waals surface area contributed by atoms with E-state index < -0.39 is 0 Å². The summed E-state index contributed by atoms with van der Waals surface area (Å²) in [6.07, 6.45) is 6.19. The summed E-state index contributed by atoms with van der Waals surface area (Å²) in [6, 6.07) is 6.25. The molecule has 0 radical (unpaired) electrons. The van der Waals surface area contributed by atoms with Crippen LogP contribution < -0.4 is 10.6 Å². The number of rotatable bonds is 3. The third-order valence-corrected chi connectivity index (χ3v) is 3.81. The highest BCUT2D eigenvalue weighted by molar-refractivity contribution is 5.61. The number of anilines is 2. The van der Waals surface area contributed by atoms with Crippen LogP contribution in [0.4, 0.5) is 11.4 Å². The Morgan fingerprint density at radius 1 is 1.37 bits per heavy atom. The predicted molar refractivity (Wildman–Crippen MR) is 78.1 cm³/mol. The quantitative estimate of drug-likeness (QED) is 0.858. The maximum absolute atomic E-state index is 5.88. The molecule has 1 aromatic carbocycles. The minimum atomic E-state index is 0.860. The van der Waals surface area contributed by atoms with Gasteiger partial charge in [-0.25, -0.2) is 4.98 Å². The minimum Gasteiger partial charge on any atom is -0.399 e. The Kier molecular flexibility index (Phi) is 3.15. The molecule has 3 rings (SSSR count). The van der Waals surface area contributed by atoms with E-state index in [0.717, 1.165) is 31.7 Å². The molecule has 1 aliphatic heterocycles. The average Bonchev–Trinajstić information content (AvgIpc) is 2.86. The van der Waals surface area contributed by atoms with Gasteiger partial charge in [0.1, 0.15) is 0 Å². The van der Waals surface area contributed by atoms with Gasteiger partial charge < -0.3 is 15.2 Å². The summed E-state index contributed by atoms with van der Waals surface area (Å²) in [4.78, 5) is 6.68. The van der Waals surface area contributed by atoms with Crippen LogP contribution in [0.2, 0.25) is 0 Å². The van der Waals surface area contributed by atoms with Crippen molar-refractivity contribution in [1.29, 1.82) is 0 Å². The van der Waals surface area contributed by atoms with Crippen molar-refractivity contribution in [2.75, 3.05) is 17.2 Å². The van der Waals surface area contributed by atoms with Crippen molar-refractivity contribution in [2.24, 2.45) is 0 Å². The van der Waals surface area contributed by atoms with Gasteiger partial charge >= 0.3 is 0 Å². The first-order valence-corrected chi connectivity index (χ1v) is 6.90. The van der Waals surface area contributed by atoms with E-state index in [-0.39, 0.29) is 0 Å². The molecule has 2 N–H and O–H groups in total. The molecule has 0 bridgehead atoms. The van der Waals surface area contributed by atoms with Crippen LogP contribution in [0.1, 0.15) is 24.6 Å². The standard InChI is InChI=1S/C15H20N4/c1-2-18-11-17-9-14(18)10-19-7-3-4-12-8-13(16)5-6-15(12)19/h5-6,8-9,11H,2-4,7,10,16H2,1H3. The minimum absolute atomic E-state index is 0.860. The van der Waals surface area contributed by atoms with Gasteiger partial charge in [-0.15, -0.1) is 0 Å². The van der Waals surface area contributed by atoms with Gasteiger partial charge in [-0.3, -0.25) is 0 Å². The van der Waals surface area contributed by atoms with Crippen molar-refractivity contribution in [3.05, 3.63) is 42.0 Å². The van der Waals surface area contributed by atoms with Crippen LogP contribution in [0, 0.1) is 0 Å². The summed E-state index contributed by atoms with van der Waals surface area (Å²) in [6.45, 7) is 5.14. The van der Waals surface area contributed by atoms with Crippen molar-refractivity contribution < 1.29 is 0 Å². The van der Waals surface area contributed by atoms with Crippen LogP contribution >= 0.6 is 0 Å². The Morgan fingerprint density at radius 2 is 2.26 bits per heavy atom. The number of aryl methyl sites for hydroxylation is 2. The van der Waals surface area contributed by atoms with Gasteiger partial charge in [-0.05, 0) is 43.5 Å². The molecule has 100 valence electrons. The maximum Gasteiger partial charge on any atom is 0.0948 e. The third kappa shape index (κ3) is 2.30. The zero-order valence-electron chi connectivity index (χ0n) is 11.3. The van der Waals surface area contributed by atoms with Gasteiger partial charge in [0.05, 0.1) is 18.6 Å². The van der Waals surface area contributed by atoms with E-state index in [4.69, 9.17) is 5.73 Å². The summed E-state index contributed by atoms with van der Waals surface area (Å²) >= 11 is 0. The summed E-state index contributed by atoms with van der Waals surface area (Å²) in [5.41, 5.74) is 10.7. The molecule has 0 fully saturated rings. The topological polar surface area (TPSA) is 47.1 Å². The summed E-state index contributed by atoms with van der Waals surface area (Å²) in [5.74, 6) is 0. The zero-order valence-corrected chi connectivity index (χ0v) is 11.3. The molecule has 0 aliphatic carbocycles. The lowest BCUT2D eigenvalue weighted by Gasteiger charge is -2.31. The van der Waals surface area contributed by atoms with E-state index in [0.29, 0.717) is 0 Å². The van der Waals surface area contributed by atoms with Gasteiger partial charge in [0.2, 0.25) is 0 Å². The number of nitrogens with zero attached hydrogens (tertiary/aromatic N) is 3. The highest BCUT2D eigenvalue weighted by Crippen LogP contribution is 2.29. The largest absolute Gasteiger partial charge is 0.399 e. The fourth-order valence-electron chi connectivity index (χ4n) is 2.82. The third-order valence-electron chi connectivity index (χ3n) is 3.81. The van der Waals surface area contributed by atoms with Gasteiger partial charge in [-0.1, -0.05) is 0 Å². The van der Waals surface area contributed by atoms with Crippen molar-refractivity contribution >= 4 is 11.4 Å². The lowest BCUT2D eigenvalue weighted by molar-refractivity contribution is 0.646. The second-order valence-corrected chi connectivity index (χ2v) is 5.08. The van der Waals surface area contributed by atoms with Crippen LogP contribution in [-0.2, 0) is 19.5 Å². The fourth-order valence-corrected chi connectivity index (χ4v) is 2.82. The molecular weight excluding hydrogens is 236 g/mol. The molecule has 0 unspecified atom stereocenters. The average molecular weight is 256 g/mol. The molecule has 0 atom stereocenters. The monoisotopic (exact) mass is 256 g/mol. The molecule has 0 saturated carbocycles. The molecule has 19 heavy (non-hydrogen) atoms. The predicted octanol–water partition coefficient (Wildman–Crippen LogP) is 2.44. The second-order valence-electron chi connectivity index (χ2n) is 5.08. The molecule has 2 aromatic rings. The number of hydrogen-bond donors (Lipinski definition) is 1. The van der Waals surface area contributed by atoms with Gasteiger partial charge in [-0.2, -0.15) is 0 Å². The van der Waals surface area contributed by atoms with E-state index in [1.165, 1.54) is 23.4 Å². The molecule has 0 amide bonds. The number of hydrogen-bond acceptors (Lipinski definition) is 3. The lowest BCUT2D eigenvalue weighted by atomic mass is 10.0. The maximum atomic E-state index is 5.88. The summed E-state index contributed by atoms with van der Waals surface area (Å²) in [7, 11) is 0. The smallest absolute Gasteiger partial charge is 0.0948 e. The van der Waals surface area contributed by atoms with Crippen LogP contribution in [0.5, 0.6) is 0 Å². The van der Waals surface area contributed by atoms with Crippen molar-refractivity contribution in [1.82, 2.24) is 9.55 Å². The highest BCUT2D eigenvalue weighted by Gasteiger charge is 2.18. The first-order chi connectivity index (χ1) is 9.28. The van der Waals surface area contributed by atoms with Crippen molar-refractivity contribution in [2.45, 2.75) is 32.9 Å². The van der Waals surface area contributed by atoms with E-state index in [1.54, 1.807) is 0 Å². The zero-order chi connectivity index (χ0) is 13.2. The fraction of sp³-hybridized carbons (Fsp3) is 0.400. The van der Waals surface area contributed by atoms with Gasteiger partial charge in [0.25, 0.3) is 0 Å². The molecule has 0 spiro atoms. The SMILES string of the molecule is CCn1cncc1CN1CCCc2cc(N)ccc21. The molecule has 1 aromatic heterocycles. The Bertz CT molecular complexity index is 573. The number of nitrogens with two attached hydrogens (primary N) is 1. The van der Waals surface area contributed by atoms with Crippen molar-refractivity contribution in [3.8, 4) is 0 Å². The molecule has 1 aliphatic rings. The summed E-state index contributed by atoms with van der Waals surface area (Å²) in [5, 5.41) is 0. The lowest BCUT2D eigenvalue weighted by Crippen LogP contribution is -2.29. The molecule has 0 saturated heterocycles. The normalized spacial score (nSPS) is 14.5. The number of nitrogen functional groups attached to an aromatic ring is 1. The van der Waals surface area contributed by atoms with Gasteiger partial charge in [0, 0.05) is 30.7 Å². The number of imidazole rings is 1.